The maximum absolute atomic E-state index is 13.3. The Hall–Kier alpha value is -2.30. The van der Waals surface area contributed by atoms with E-state index in [0.717, 1.165) is 5.69 Å². The average molecular weight is 259 g/mol. The Bertz CT molecular complexity index is 596. The van der Waals surface area contributed by atoms with Crippen LogP contribution in [0.25, 0.3) is 0 Å². The van der Waals surface area contributed by atoms with Crippen molar-refractivity contribution in [2.24, 2.45) is 0 Å². The lowest BCUT2D eigenvalue weighted by Gasteiger charge is -2.07. The number of hydrogen-bond acceptors (Lipinski definition) is 3. The van der Waals surface area contributed by atoms with E-state index in [1.165, 1.54) is 24.5 Å². The SMILES string of the molecule is CCc1cc(NC(=O)c2cnc(C)cn2)ccc1F. The predicted molar refractivity (Wildman–Crippen MR) is 70.5 cm³/mol. The first-order valence-corrected chi connectivity index (χ1v) is 5.98. The molecule has 1 aromatic carbocycles. The zero-order chi connectivity index (χ0) is 13.8. The molecule has 0 saturated heterocycles. The van der Waals surface area contributed by atoms with E-state index in [0.29, 0.717) is 17.7 Å². The minimum Gasteiger partial charge on any atom is -0.321 e. The summed E-state index contributed by atoms with van der Waals surface area (Å²) < 4.78 is 13.3. The number of benzene rings is 1. The van der Waals surface area contributed by atoms with Gasteiger partial charge >= 0.3 is 0 Å². The van der Waals surface area contributed by atoms with E-state index in [2.05, 4.69) is 15.3 Å². The number of nitrogens with zero attached hydrogens (tertiary/aromatic N) is 2. The van der Waals surface area contributed by atoms with Gasteiger partial charge in [-0.05, 0) is 37.1 Å². The maximum Gasteiger partial charge on any atom is 0.275 e. The van der Waals surface area contributed by atoms with Crippen molar-refractivity contribution in [1.82, 2.24) is 9.97 Å². The van der Waals surface area contributed by atoms with E-state index in [-0.39, 0.29) is 17.4 Å². The molecule has 0 bridgehead atoms. The topological polar surface area (TPSA) is 54.9 Å². The van der Waals surface area contributed by atoms with E-state index in [1.54, 1.807) is 13.0 Å². The van der Waals surface area contributed by atoms with E-state index in [1.807, 2.05) is 6.92 Å². The highest BCUT2D eigenvalue weighted by Crippen LogP contribution is 2.15. The molecule has 2 aromatic rings. The Kier molecular flexibility index (Phi) is 3.85. The number of rotatable bonds is 3. The van der Waals surface area contributed by atoms with Crippen LogP contribution in [0.5, 0.6) is 0 Å². The quantitative estimate of drug-likeness (QED) is 0.922. The third-order valence-corrected chi connectivity index (χ3v) is 2.70. The lowest BCUT2D eigenvalue weighted by molar-refractivity contribution is 0.102. The molecule has 0 saturated carbocycles. The van der Waals surface area contributed by atoms with E-state index < -0.39 is 0 Å². The van der Waals surface area contributed by atoms with Gasteiger partial charge in [0, 0.05) is 11.9 Å². The van der Waals surface area contributed by atoms with Crippen LogP contribution in [-0.2, 0) is 6.42 Å². The molecular weight excluding hydrogens is 245 g/mol. The molecule has 98 valence electrons. The number of aromatic nitrogens is 2. The van der Waals surface area contributed by atoms with Crippen LogP contribution in [0, 0.1) is 12.7 Å². The zero-order valence-electron chi connectivity index (χ0n) is 10.8. The largest absolute Gasteiger partial charge is 0.321 e. The third-order valence-electron chi connectivity index (χ3n) is 2.70. The van der Waals surface area contributed by atoms with Crippen molar-refractivity contribution >= 4 is 11.6 Å². The van der Waals surface area contributed by atoms with Gasteiger partial charge in [0.25, 0.3) is 5.91 Å². The highest BCUT2D eigenvalue weighted by molar-refractivity contribution is 6.02. The molecule has 0 aliphatic heterocycles. The van der Waals surface area contributed by atoms with Crippen molar-refractivity contribution < 1.29 is 9.18 Å². The van der Waals surface area contributed by atoms with Gasteiger partial charge in [0.2, 0.25) is 0 Å². The summed E-state index contributed by atoms with van der Waals surface area (Å²) >= 11 is 0. The Morgan fingerprint density at radius 3 is 2.74 bits per heavy atom. The Morgan fingerprint density at radius 2 is 2.11 bits per heavy atom. The van der Waals surface area contributed by atoms with E-state index >= 15 is 0 Å². The highest BCUT2D eigenvalue weighted by atomic mass is 19.1. The first-order chi connectivity index (χ1) is 9.10. The zero-order valence-corrected chi connectivity index (χ0v) is 10.8. The van der Waals surface area contributed by atoms with Crippen molar-refractivity contribution in [1.29, 1.82) is 0 Å². The minimum atomic E-state index is -0.360. The Labute approximate surface area is 110 Å². The molecule has 0 unspecified atom stereocenters. The maximum atomic E-state index is 13.3. The number of amides is 1. The van der Waals surface area contributed by atoms with Crippen molar-refractivity contribution in [3.05, 3.63) is 53.4 Å². The molecule has 1 amide bonds. The fourth-order valence-electron chi connectivity index (χ4n) is 1.63. The van der Waals surface area contributed by atoms with Crippen LogP contribution >= 0.6 is 0 Å². The molecular formula is C14H14FN3O. The monoisotopic (exact) mass is 259 g/mol. The average Bonchev–Trinajstić information content (AvgIpc) is 2.41. The van der Waals surface area contributed by atoms with Crippen molar-refractivity contribution in [3.63, 3.8) is 0 Å². The first kappa shape index (κ1) is 13.1. The molecule has 2 rings (SSSR count). The number of carbonyl (C=O) groups is 1. The minimum absolute atomic E-state index is 0.230. The summed E-state index contributed by atoms with van der Waals surface area (Å²) in [5.74, 6) is -0.628. The van der Waals surface area contributed by atoms with Crippen molar-refractivity contribution in [2.45, 2.75) is 20.3 Å². The van der Waals surface area contributed by atoms with Gasteiger partial charge in [0.05, 0.1) is 11.9 Å². The van der Waals surface area contributed by atoms with Crippen LogP contribution in [0.2, 0.25) is 0 Å². The lowest BCUT2D eigenvalue weighted by Crippen LogP contribution is -2.14. The summed E-state index contributed by atoms with van der Waals surface area (Å²) in [4.78, 5) is 19.9. The fraction of sp³-hybridized carbons (Fsp3) is 0.214. The van der Waals surface area contributed by atoms with Gasteiger partial charge in [-0.2, -0.15) is 0 Å². The van der Waals surface area contributed by atoms with Crippen LogP contribution in [0.3, 0.4) is 0 Å². The second kappa shape index (κ2) is 5.56. The van der Waals surface area contributed by atoms with Crippen LogP contribution in [0.15, 0.2) is 30.6 Å². The van der Waals surface area contributed by atoms with E-state index in [9.17, 15) is 9.18 Å². The highest BCUT2D eigenvalue weighted by Gasteiger charge is 2.09. The van der Waals surface area contributed by atoms with Gasteiger partial charge in [-0.1, -0.05) is 6.92 Å². The second-order valence-corrected chi connectivity index (χ2v) is 4.16. The molecule has 19 heavy (non-hydrogen) atoms. The standard InChI is InChI=1S/C14H14FN3O/c1-3-10-6-11(4-5-12(10)15)18-14(19)13-8-16-9(2)7-17-13/h4-8H,3H2,1-2H3,(H,18,19). The molecule has 4 nitrogen and oxygen atoms in total. The normalized spacial score (nSPS) is 10.3. The molecule has 1 aromatic heterocycles. The van der Waals surface area contributed by atoms with Gasteiger partial charge in [-0.15, -0.1) is 0 Å². The van der Waals surface area contributed by atoms with E-state index in [4.69, 9.17) is 0 Å². The molecule has 0 fully saturated rings. The van der Waals surface area contributed by atoms with Crippen LogP contribution in [0.4, 0.5) is 10.1 Å². The Balaban J connectivity index is 2.17. The Morgan fingerprint density at radius 1 is 1.32 bits per heavy atom. The number of carbonyl (C=O) groups excluding carboxylic acids is 1. The van der Waals surface area contributed by atoms with Crippen molar-refractivity contribution in [2.75, 3.05) is 5.32 Å². The smallest absolute Gasteiger partial charge is 0.275 e. The molecule has 0 aliphatic rings. The summed E-state index contributed by atoms with van der Waals surface area (Å²) in [5.41, 5.74) is 2.08. The van der Waals surface area contributed by atoms with Crippen LogP contribution in [0.1, 0.15) is 28.7 Å². The van der Waals surface area contributed by atoms with Crippen molar-refractivity contribution in [3.8, 4) is 0 Å². The molecule has 0 spiro atoms. The number of hydrogen-bond donors (Lipinski definition) is 1. The molecule has 5 heteroatoms. The summed E-state index contributed by atoms with van der Waals surface area (Å²) in [6, 6.07) is 4.48. The molecule has 1 heterocycles. The number of aryl methyl sites for hydroxylation is 2. The summed E-state index contributed by atoms with van der Waals surface area (Å²) in [7, 11) is 0. The number of halogens is 1. The first-order valence-electron chi connectivity index (χ1n) is 5.98. The second-order valence-electron chi connectivity index (χ2n) is 4.16. The van der Waals surface area contributed by atoms with Gasteiger partial charge in [-0.3, -0.25) is 9.78 Å². The van der Waals surface area contributed by atoms with Gasteiger partial charge in [0.15, 0.2) is 0 Å². The van der Waals surface area contributed by atoms with Gasteiger partial charge in [-0.25, -0.2) is 9.37 Å². The molecule has 0 aliphatic carbocycles. The molecule has 1 N–H and O–H groups in total. The summed E-state index contributed by atoms with van der Waals surface area (Å²) in [6.45, 7) is 3.65. The van der Waals surface area contributed by atoms with Gasteiger partial charge in [0.1, 0.15) is 11.5 Å². The van der Waals surface area contributed by atoms with Crippen LogP contribution in [-0.4, -0.2) is 15.9 Å². The molecule has 0 atom stereocenters. The fourth-order valence-corrected chi connectivity index (χ4v) is 1.63. The number of nitrogens with one attached hydrogen (secondary N) is 1. The molecule has 0 radical (unpaired) electrons. The summed E-state index contributed by atoms with van der Waals surface area (Å²) in [6.07, 6.45) is 3.51. The third kappa shape index (κ3) is 3.13. The van der Waals surface area contributed by atoms with Gasteiger partial charge < -0.3 is 5.32 Å². The summed E-state index contributed by atoms with van der Waals surface area (Å²) in [5, 5.41) is 2.67. The predicted octanol–water partition coefficient (Wildman–Crippen LogP) is 2.74. The van der Waals surface area contributed by atoms with Crippen LogP contribution < -0.4 is 5.32 Å². The number of anilines is 1. The lowest BCUT2D eigenvalue weighted by atomic mass is 10.1.